The average molecular weight is 238 g/mol. The molecular formula is C9H8BrN3. The zero-order valence-electron chi connectivity index (χ0n) is 6.81. The molecule has 0 spiro atoms. The summed E-state index contributed by atoms with van der Waals surface area (Å²) in [6.45, 7) is 0. The zero-order chi connectivity index (χ0) is 9.26. The van der Waals surface area contributed by atoms with Gasteiger partial charge in [0, 0.05) is 4.47 Å². The van der Waals surface area contributed by atoms with E-state index in [-0.39, 0.29) is 6.04 Å². The lowest BCUT2D eigenvalue weighted by Gasteiger charge is -2.02. The number of hydrogen-bond acceptors (Lipinski definition) is 3. The lowest BCUT2D eigenvalue weighted by Crippen LogP contribution is -1.91. The summed E-state index contributed by atoms with van der Waals surface area (Å²) in [5.74, 6) is 0.493. The van der Waals surface area contributed by atoms with Crippen LogP contribution in [0.1, 0.15) is 11.6 Å². The van der Waals surface area contributed by atoms with Crippen LogP contribution in [0.15, 0.2) is 50.9 Å². The molecule has 1 atom stereocenters. The van der Waals surface area contributed by atoms with E-state index in [1.165, 1.54) is 0 Å². The van der Waals surface area contributed by atoms with Gasteiger partial charge in [0.25, 0.3) is 0 Å². The number of nitrogens with two attached hydrogens (primary N) is 1. The lowest BCUT2D eigenvalue weighted by molar-refractivity contribution is 0.878. The van der Waals surface area contributed by atoms with Gasteiger partial charge in [0.15, 0.2) is 0 Å². The molecule has 66 valence electrons. The fraction of sp³-hybridized carbons (Fsp3) is 0.111. The van der Waals surface area contributed by atoms with Crippen molar-refractivity contribution in [1.29, 1.82) is 0 Å². The number of halogens is 1. The normalized spacial score (nSPS) is 20.4. The molecule has 4 heteroatoms. The highest BCUT2D eigenvalue weighted by Gasteiger charge is 2.12. The van der Waals surface area contributed by atoms with Crippen LogP contribution in [-0.2, 0) is 0 Å². The molecule has 3 nitrogen and oxygen atoms in total. The molecule has 0 unspecified atom stereocenters. The number of nitrogens with zero attached hydrogens (tertiary/aromatic N) is 2. The summed E-state index contributed by atoms with van der Waals surface area (Å²) >= 11 is 3.37. The number of rotatable bonds is 1. The van der Waals surface area contributed by atoms with Gasteiger partial charge in [0.05, 0.1) is 0 Å². The minimum absolute atomic E-state index is 0.00639. The van der Waals surface area contributed by atoms with Gasteiger partial charge in [-0.2, -0.15) is 5.11 Å². The molecule has 0 fully saturated rings. The van der Waals surface area contributed by atoms with Crippen molar-refractivity contribution in [1.82, 2.24) is 0 Å². The maximum atomic E-state index is 5.48. The van der Waals surface area contributed by atoms with Gasteiger partial charge in [-0.1, -0.05) is 28.1 Å². The quantitative estimate of drug-likeness (QED) is 0.803. The van der Waals surface area contributed by atoms with Crippen LogP contribution in [-0.4, -0.2) is 0 Å². The minimum atomic E-state index is -0.00639. The Bertz CT molecular complexity index is 367. The molecule has 0 aromatic heterocycles. The van der Waals surface area contributed by atoms with E-state index in [0.717, 1.165) is 10.0 Å². The Kier molecular flexibility index (Phi) is 2.14. The van der Waals surface area contributed by atoms with Gasteiger partial charge in [-0.3, -0.25) is 0 Å². The second-order valence-corrected chi connectivity index (χ2v) is 3.72. The summed E-state index contributed by atoms with van der Waals surface area (Å²) < 4.78 is 1.06. The first kappa shape index (κ1) is 8.44. The number of hydrogen-bond donors (Lipinski definition) is 1. The van der Waals surface area contributed by atoms with Crippen molar-refractivity contribution in [3.63, 3.8) is 0 Å². The first-order valence-corrected chi connectivity index (χ1v) is 4.68. The smallest absolute Gasteiger partial charge is 0.144 e. The molecule has 2 N–H and O–H groups in total. The Morgan fingerprint density at radius 1 is 1.23 bits per heavy atom. The van der Waals surface area contributed by atoms with E-state index in [4.69, 9.17) is 5.73 Å². The first-order chi connectivity index (χ1) is 6.25. The van der Waals surface area contributed by atoms with Crippen molar-refractivity contribution in [2.45, 2.75) is 6.04 Å². The minimum Gasteiger partial charge on any atom is -0.382 e. The van der Waals surface area contributed by atoms with E-state index in [1.54, 1.807) is 0 Å². The highest BCUT2D eigenvalue weighted by atomic mass is 79.9. The molecule has 0 amide bonds. The fourth-order valence-corrected chi connectivity index (χ4v) is 1.44. The Balaban J connectivity index is 2.28. The van der Waals surface area contributed by atoms with Gasteiger partial charge in [-0.25, -0.2) is 0 Å². The maximum absolute atomic E-state index is 5.48. The van der Waals surface area contributed by atoms with E-state index in [9.17, 15) is 0 Å². The molecule has 0 radical (unpaired) electrons. The van der Waals surface area contributed by atoms with Crippen LogP contribution in [0, 0.1) is 0 Å². The van der Waals surface area contributed by atoms with E-state index >= 15 is 0 Å². The predicted molar refractivity (Wildman–Crippen MR) is 54.0 cm³/mol. The third kappa shape index (κ3) is 1.78. The highest BCUT2D eigenvalue weighted by Crippen LogP contribution is 2.26. The van der Waals surface area contributed by atoms with Gasteiger partial charge in [0.2, 0.25) is 0 Å². The van der Waals surface area contributed by atoms with Gasteiger partial charge < -0.3 is 5.73 Å². The van der Waals surface area contributed by atoms with Crippen LogP contribution in [0.3, 0.4) is 0 Å². The summed E-state index contributed by atoms with van der Waals surface area (Å²) in [6, 6.07) is 7.96. The zero-order valence-corrected chi connectivity index (χ0v) is 8.40. The van der Waals surface area contributed by atoms with Crippen LogP contribution in [0.5, 0.6) is 0 Å². The molecule has 1 aromatic carbocycles. The molecule has 1 heterocycles. The lowest BCUT2D eigenvalue weighted by atomic mass is 10.1. The molecule has 1 aromatic rings. The van der Waals surface area contributed by atoms with Crippen molar-refractivity contribution >= 4 is 15.9 Å². The second-order valence-electron chi connectivity index (χ2n) is 2.80. The Morgan fingerprint density at radius 2 is 1.92 bits per heavy atom. The van der Waals surface area contributed by atoms with Crippen molar-refractivity contribution in [2.24, 2.45) is 16.0 Å². The molecule has 0 saturated heterocycles. The van der Waals surface area contributed by atoms with Crippen molar-refractivity contribution in [2.75, 3.05) is 0 Å². The van der Waals surface area contributed by atoms with Crippen molar-refractivity contribution in [3.05, 3.63) is 46.2 Å². The van der Waals surface area contributed by atoms with E-state index in [1.807, 2.05) is 30.3 Å². The molecule has 0 bridgehead atoms. The summed E-state index contributed by atoms with van der Waals surface area (Å²) in [5.41, 5.74) is 6.59. The summed E-state index contributed by atoms with van der Waals surface area (Å²) in [6.07, 6.45) is 1.84. The van der Waals surface area contributed by atoms with Crippen molar-refractivity contribution in [3.8, 4) is 0 Å². The van der Waals surface area contributed by atoms with Crippen LogP contribution in [0.2, 0.25) is 0 Å². The highest BCUT2D eigenvalue weighted by molar-refractivity contribution is 9.10. The third-order valence-electron chi connectivity index (χ3n) is 1.84. The predicted octanol–water partition coefficient (Wildman–Crippen LogP) is 2.76. The SMILES string of the molecule is NC1=C[C@@H](c2ccc(Br)cc2)N=N1. The molecule has 0 aliphatic carbocycles. The maximum Gasteiger partial charge on any atom is 0.144 e. The van der Waals surface area contributed by atoms with Crippen LogP contribution in [0.25, 0.3) is 0 Å². The second kappa shape index (κ2) is 3.30. The van der Waals surface area contributed by atoms with E-state index in [0.29, 0.717) is 5.82 Å². The van der Waals surface area contributed by atoms with Gasteiger partial charge in [0.1, 0.15) is 11.9 Å². The van der Waals surface area contributed by atoms with Crippen LogP contribution in [0.4, 0.5) is 0 Å². The summed E-state index contributed by atoms with van der Waals surface area (Å²) in [7, 11) is 0. The first-order valence-electron chi connectivity index (χ1n) is 3.89. The average Bonchev–Trinajstić information content (AvgIpc) is 2.53. The topological polar surface area (TPSA) is 50.7 Å². The molecule has 1 aliphatic heterocycles. The summed E-state index contributed by atoms with van der Waals surface area (Å²) in [4.78, 5) is 0. The van der Waals surface area contributed by atoms with E-state index in [2.05, 4.69) is 26.2 Å². The summed E-state index contributed by atoms with van der Waals surface area (Å²) in [5, 5.41) is 7.78. The molecule has 0 saturated carbocycles. The van der Waals surface area contributed by atoms with Crippen LogP contribution < -0.4 is 5.73 Å². The molecule has 13 heavy (non-hydrogen) atoms. The molecular weight excluding hydrogens is 230 g/mol. The number of azo groups is 1. The monoisotopic (exact) mass is 237 g/mol. The fourth-order valence-electron chi connectivity index (χ4n) is 1.18. The standard InChI is InChI=1S/C9H8BrN3/c10-7-3-1-6(2-4-7)8-5-9(11)13-12-8/h1-5,8H,11H2/t8-/m0/s1. The van der Waals surface area contributed by atoms with E-state index < -0.39 is 0 Å². The van der Waals surface area contributed by atoms with Gasteiger partial charge in [-0.15, -0.1) is 5.11 Å². The van der Waals surface area contributed by atoms with Crippen molar-refractivity contribution < 1.29 is 0 Å². The largest absolute Gasteiger partial charge is 0.382 e. The Labute approximate surface area is 84.5 Å². The Morgan fingerprint density at radius 3 is 2.46 bits per heavy atom. The van der Waals surface area contributed by atoms with Gasteiger partial charge in [-0.05, 0) is 23.8 Å². The number of benzene rings is 1. The van der Waals surface area contributed by atoms with Crippen LogP contribution >= 0.6 is 15.9 Å². The van der Waals surface area contributed by atoms with Gasteiger partial charge >= 0.3 is 0 Å². The molecule has 2 rings (SSSR count). The third-order valence-corrected chi connectivity index (χ3v) is 2.37. The molecule has 1 aliphatic rings. The Hall–Kier alpha value is -1.16.